The first-order valence-electron chi connectivity index (χ1n) is 39.8. The van der Waals surface area contributed by atoms with Crippen LogP contribution >= 0.6 is 0 Å². The van der Waals surface area contributed by atoms with Gasteiger partial charge >= 0.3 is 0 Å². The predicted octanol–water partition coefficient (Wildman–Crippen LogP) is 22.7. The SMILES string of the molecule is CCCCCCOc1cc(-c2nnc(-c3nc(-c4nnc(-c5cc(OCCCCCC)c(OCCCCCC)c(OCCCCCC)c5)o4)nc(-c4nnc(-c5cc(OCCCCCC)c(OCCCCCC)c(OCCCCCC)c5)o4)n3)o2)cc(OCCCCCC)c1OCCCCCC. The van der Waals surface area contributed by atoms with Crippen molar-refractivity contribution >= 4 is 0 Å². The summed E-state index contributed by atoms with van der Waals surface area (Å²) in [7, 11) is 0. The lowest BCUT2D eigenvalue weighted by atomic mass is 10.1. The molecule has 0 radical (unpaired) electrons. The number of benzene rings is 3. The molecule has 21 nitrogen and oxygen atoms in total. The lowest BCUT2D eigenvalue weighted by molar-refractivity contribution is 0.234. The fourth-order valence-electron chi connectivity index (χ4n) is 11.5. The van der Waals surface area contributed by atoms with Gasteiger partial charge < -0.3 is 55.9 Å². The van der Waals surface area contributed by atoms with Crippen LogP contribution in [-0.2, 0) is 0 Å². The van der Waals surface area contributed by atoms with Crippen LogP contribution in [0.5, 0.6) is 51.7 Å². The molecule has 0 amide bonds. The van der Waals surface area contributed by atoms with E-state index in [9.17, 15) is 0 Å². The smallest absolute Gasteiger partial charge is 0.286 e. The fourth-order valence-corrected chi connectivity index (χ4v) is 11.5. The second-order valence-corrected chi connectivity index (χ2v) is 26.6. The van der Waals surface area contributed by atoms with Crippen LogP contribution in [0, 0.1) is 0 Å². The molecule has 0 aliphatic heterocycles. The molecular formula is C81H123N9O12. The molecule has 0 saturated carbocycles. The molecule has 7 rings (SSSR count). The van der Waals surface area contributed by atoms with Gasteiger partial charge in [0, 0.05) is 16.7 Å². The molecule has 0 aliphatic carbocycles. The second kappa shape index (κ2) is 49.0. The minimum absolute atomic E-state index is 0.0315. The molecule has 4 aromatic heterocycles. The molecule has 4 heterocycles. The Kier molecular flexibility index (Phi) is 39.2. The van der Waals surface area contributed by atoms with Gasteiger partial charge in [-0.15, -0.1) is 30.6 Å². The van der Waals surface area contributed by atoms with Crippen molar-refractivity contribution in [3.8, 4) is 121 Å². The van der Waals surface area contributed by atoms with Gasteiger partial charge in [-0.2, -0.15) is 15.0 Å². The monoisotopic (exact) mass is 1410 g/mol. The van der Waals surface area contributed by atoms with Crippen LogP contribution in [0.2, 0.25) is 0 Å². The van der Waals surface area contributed by atoms with Gasteiger partial charge in [0.2, 0.25) is 52.4 Å². The molecule has 0 N–H and O–H groups in total. The van der Waals surface area contributed by atoms with Gasteiger partial charge in [-0.25, -0.2) is 0 Å². The standard InChI is InChI=1S/C81H123N9O12/c1-10-19-28-37-46-91-64-55-61(56-65(92-47-38-29-20-11-2)70(64)97-52-43-34-25-16-7)76-85-88-79(100-76)73-82-74(80-89-86-77(101-80)62-57-66(93-48-39-30-21-12-3)71(98-53-44-35-26-17-8)67(58-62)94-49-40-31-22-13-4)84-75(83-73)81-90-87-78(102-81)63-59-68(95-50-41-32-23-14-5)72(99-54-45-36-27-18-9)69(60-63)96-51-42-33-24-15-6/h55-60H,10-54H2,1-9H3. The fraction of sp³-hybridized carbons (Fsp3) is 0.667. The Morgan fingerprint density at radius 1 is 0.206 bits per heavy atom. The Bertz CT molecular complexity index is 2920. The molecular weight excluding hydrogens is 1290 g/mol. The first-order valence-corrected chi connectivity index (χ1v) is 39.8. The predicted molar refractivity (Wildman–Crippen MR) is 403 cm³/mol. The molecule has 21 heteroatoms. The highest BCUT2D eigenvalue weighted by Crippen LogP contribution is 2.46. The van der Waals surface area contributed by atoms with Gasteiger partial charge in [0.15, 0.2) is 34.5 Å². The summed E-state index contributed by atoms with van der Waals surface area (Å²) in [5, 5.41) is 27.6. The van der Waals surface area contributed by atoms with Gasteiger partial charge in [-0.3, -0.25) is 0 Å². The first-order chi connectivity index (χ1) is 50.3. The van der Waals surface area contributed by atoms with Crippen molar-refractivity contribution in [2.75, 3.05) is 59.5 Å². The lowest BCUT2D eigenvalue weighted by Crippen LogP contribution is -2.06. The van der Waals surface area contributed by atoms with E-state index in [2.05, 4.69) is 92.9 Å². The van der Waals surface area contributed by atoms with Crippen LogP contribution in [0.15, 0.2) is 49.6 Å². The number of ether oxygens (including phenoxy) is 9. The van der Waals surface area contributed by atoms with Crippen LogP contribution in [-0.4, -0.2) is 105 Å². The van der Waals surface area contributed by atoms with Crippen LogP contribution in [0.4, 0.5) is 0 Å². The van der Waals surface area contributed by atoms with Crippen LogP contribution in [0.1, 0.15) is 293 Å². The number of rotatable bonds is 60. The number of hydrogen-bond donors (Lipinski definition) is 0. The van der Waals surface area contributed by atoms with E-state index >= 15 is 0 Å². The number of hydrogen-bond acceptors (Lipinski definition) is 21. The highest BCUT2D eigenvalue weighted by Gasteiger charge is 2.28. The van der Waals surface area contributed by atoms with E-state index in [1.807, 2.05) is 36.4 Å². The van der Waals surface area contributed by atoms with Crippen molar-refractivity contribution in [2.45, 2.75) is 293 Å². The van der Waals surface area contributed by atoms with Gasteiger partial charge in [-0.05, 0) is 94.2 Å². The molecule has 102 heavy (non-hydrogen) atoms. The van der Waals surface area contributed by atoms with Crippen molar-refractivity contribution in [3.05, 3.63) is 36.4 Å². The molecule has 3 aromatic carbocycles. The maximum Gasteiger partial charge on any atom is 0.286 e. The summed E-state index contributed by atoms with van der Waals surface area (Å²) in [5.74, 6) is 5.14. The van der Waals surface area contributed by atoms with E-state index in [4.69, 9.17) is 70.8 Å². The van der Waals surface area contributed by atoms with Crippen molar-refractivity contribution < 1.29 is 55.9 Å². The number of nitrogens with zero attached hydrogens (tertiary/aromatic N) is 9. The van der Waals surface area contributed by atoms with E-state index in [-0.39, 0.29) is 52.8 Å². The summed E-state index contributed by atoms with van der Waals surface area (Å²) in [6, 6.07) is 11.3. The molecule has 0 bridgehead atoms. The van der Waals surface area contributed by atoms with Gasteiger partial charge in [-0.1, -0.05) is 236 Å². The van der Waals surface area contributed by atoms with Gasteiger partial charge in [0.25, 0.3) is 17.7 Å². The third-order valence-electron chi connectivity index (χ3n) is 17.6. The average molecular weight is 1410 g/mol. The van der Waals surface area contributed by atoms with Crippen molar-refractivity contribution in [1.82, 2.24) is 45.5 Å². The summed E-state index contributed by atoms with van der Waals surface area (Å²) in [5.41, 5.74) is 1.67. The Balaban J connectivity index is 1.36. The van der Waals surface area contributed by atoms with Crippen LogP contribution in [0.3, 0.4) is 0 Å². The summed E-state index contributed by atoms with van der Waals surface area (Å²) >= 11 is 0. The maximum absolute atomic E-state index is 6.62. The highest BCUT2D eigenvalue weighted by atomic mass is 16.6. The van der Waals surface area contributed by atoms with Gasteiger partial charge in [0.05, 0.1) is 59.5 Å². The zero-order valence-corrected chi connectivity index (χ0v) is 63.7. The topological polar surface area (TPSA) is 238 Å². The minimum Gasteiger partial charge on any atom is -0.490 e. The molecule has 0 fully saturated rings. The van der Waals surface area contributed by atoms with E-state index in [0.717, 1.165) is 231 Å². The molecule has 0 aliphatic rings. The van der Waals surface area contributed by atoms with E-state index in [0.29, 0.717) is 128 Å². The molecule has 0 spiro atoms. The van der Waals surface area contributed by atoms with Crippen LogP contribution < -0.4 is 42.6 Å². The van der Waals surface area contributed by atoms with E-state index in [1.54, 1.807) is 0 Å². The quantitative estimate of drug-likeness (QED) is 0.0322. The lowest BCUT2D eigenvalue weighted by Gasteiger charge is -2.18. The van der Waals surface area contributed by atoms with Crippen molar-refractivity contribution in [2.24, 2.45) is 0 Å². The minimum atomic E-state index is -0.0480. The largest absolute Gasteiger partial charge is 0.490 e. The molecule has 0 saturated heterocycles. The Labute approximate surface area is 609 Å². The van der Waals surface area contributed by atoms with Crippen molar-refractivity contribution in [3.63, 3.8) is 0 Å². The van der Waals surface area contributed by atoms with Crippen molar-refractivity contribution in [1.29, 1.82) is 0 Å². The molecule has 564 valence electrons. The zero-order valence-electron chi connectivity index (χ0n) is 63.7. The maximum atomic E-state index is 6.62. The highest BCUT2D eigenvalue weighted by molar-refractivity contribution is 5.69. The summed E-state index contributed by atoms with van der Waals surface area (Å²) in [6.07, 6.45) is 37.5. The zero-order chi connectivity index (χ0) is 72.0. The Morgan fingerprint density at radius 3 is 0.549 bits per heavy atom. The van der Waals surface area contributed by atoms with E-state index < -0.39 is 0 Å². The average Bonchev–Trinajstić information content (AvgIpc) is 1.60. The number of aromatic nitrogens is 9. The Hall–Kier alpha value is -7.71. The Morgan fingerprint density at radius 2 is 0.373 bits per heavy atom. The summed E-state index contributed by atoms with van der Waals surface area (Å²) < 4.78 is 79.2. The molecule has 0 unspecified atom stereocenters. The summed E-state index contributed by atoms with van der Waals surface area (Å²) in [4.78, 5) is 14.8. The summed E-state index contributed by atoms with van der Waals surface area (Å²) in [6.45, 7) is 24.3. The normalized spacial score (nSPS) is 11.4. The molecule has 7 aromatic rings. The molecule has 0 atom stereocenters. The number of unbranched alkanes of at least 4 members (excludes halogenated alkanes) is 27. The third kappa shape index (κ3) is 27.8. The first kappa shape index (κ1) is 81.6. The third-order valence-corrected chi connectivity index (χ3v) is 17.6. The van der Waals surface area contributed by atoms with Gasteiger partial charge in [0.1, 0.15) is 0 Å². The second-order valence-electron chi connectivity index (χ2n) is 26.6. The van der Waals surface area contributed by atoms with E-state index in [1.165, 1.54) is 0 Å². The van der Waals surface area contributed by atoms with Crippen LogP contribution in [0.25, 0.3) is 69.5 Å².